The molecule has 3 N–H and O–H groups in total. The fourth-order valence-electron chi connectivity index (χ4n) is 0.982. The van der Waals surface area contributed by atoms with Gasteiger partial charge in [0.15, 0.2) is 0 Å². The van der Waals surface area contributed by atoms with Crippen molar-refractivity contribution in [2.24, 2.45) is 5.73 Å². The van der Waals surface area contributed by atoms with Gasteiger partial charge in [-0.3, -0.25) is 5.41 Å². The molecule has 0 amide bonds. The van der Waals surface area contributed by atoms with Crippen LogP contribution in [0.2, 0.25) is 0 Å². The van der Waals surface area contributed by atoms with Crippen molar-refractivity contribution in [3.63, 3.8) is 0 Å². The first-order chi connectivity index (χ1) is 5.24. The Bertz CT molecular complexity index is 251. The van der Waals surface area contributed by atoms with Gasteiger partial charge in [0.1, 0.15) is 11.7 Å². The number of hydrogen-bond acceptors (Lipinski definition) is 2. The Morgan fingerprint density at radius 3 is 3.09 bits per heavy atom. The van der Waals surface area contributed by atoms with Crippen LogP contribution in [-0.4, -0.2) is 15.4 Å². The fraction of sp³-hybridized carbons (Fsp3) is 0.429. The third-order valence-corrected chi connectivity index (χ3v) is 1.46. The van der Waals surface area contributed by atoms with Gasteiger partial charge in [-0.25, -0.2) is 4.98 Å². The Kier molecular flexibility index (Phi) is 2.25. The Labute approximate surface area is 65.6 Å². The summed E-state index contributed by atoms with van der Waals surface area (Å²) in [4.78, 5) is 4.10. The molecule has 0 fully saturated rings. The lowest BCUT2D eigenvalue weighted by Gasteiger charge is -2.03. The van der Waals surface area contributed by atoms with Gasteiger partial charge in [0, 0.05) is 18.8 Å². The van der Waals surface area contributed by atoms with E-state index in [-0.39, 0.29) is 5.84 Å². The highest BCUT2D eigenvalue weighted by Gasteiger charge is 1.99. The van der Waals surface area contributed by atoms with E-state index in [1.165, 1.54) is 0 Å². The Morgan fingerprint density at radius 2 is 2.55 bits per heavy atom. The molecule has 0 aromatic carbocycles. The predicted molar refractivity (Wildman–Crippen MR) is 43.5 cm³/mol. The number of hydrogen-bond donors (Lipinski definition) is 2. The average molecular weight is 152 g/mol. The molecule has 0 saturated carbocycles. The van der Waals surface area contributed by atoms with E-state index in [2.05, 4.69) is 4.98 Å². The van der Waals surface area contributed by atoms with Crippen LogP contribution in [0.3, 0.4) is 0 Å². The van der Waals surface area contributed by atoms with Gasteiger partial charge >= 0.3 is 0 Å². The van der Waals surface area contributed by atoms with E-state index in [4.69, 9.17) is 11.1 Å². The maximum absolute atomic E-state index is 7.07. The van der Waals surface area contributed by atoms with Gasteiger partial charge in [-0.1, -0.05) is 6.92 Å². The van der Waals surface area contributed by atoms with E-state index in [0.29, 0.717) is 6.54 Å². The van der Waals surface area contributed by atoms with Crippen molar-refractivity contribution >= 4 is 5.84 Å². The maximum atomic E-state index is 7.07. The summed E-state index contributed by atoms with van der Waals surface area (Å²) in [6.45, 7) is 2.47. The summed E-state index contributed by atoms with van der Waals surface area (Å²) in [6, 6.07) is 0. The number of amidine groups is 1. The minimum absolute atomic E-state index is 0.165. The summed E-state index contributed by atoms with van der Waals surface area (Å²) in [5.74, 6) is 1.14. The highest BCUT2D eigenvalue weighted by atomic mass is 15.1. The molecule has 4 nitrogen and oxygen atoms in total. The fourth-order valence-corrected chi connectivity index (χ4v) is 0.982. The lowest BCUT2D eigenvalue weighted by molar-refractivity contribution is 0.762. The number of imidazole rings is 1. The van der Waals surface area contributed by atoms with Gasteiger partial charge < -0.3 is 10.3 Å². The molecule has 11 heavy (non-hydrogen) atoms. The van der Waals surface area contributed by atoms with Crippen LogP contribution in [0.25, 0.3) is 0 Å². The van der Waals surface area contributed by atoms with Crippen molar-refractivity contribution in [3.8, 4) is 0 Å². The molecule has 1 aromatic heterocycles. The Hall–Kier alpha value is -1.32. The van der Waals surface area contributed by atoms with Crippen molar-refractivity contribution in [2.75, 3.05) is 0 Å². The van der Waals surface area contributed by atoms with Crippen LogP contribution in [0.5, 0.6) is 0 Å². The molecule has 0 saturated heterocycles. The molecule has 0 bridgehead atoms. The van der Waals surface area contributed by atoms with Crippen LogP contribution in [-0.2, 0) is 13.0 Å². The van der Waals surface area contributed by atoms with Gasteiger partial charge in [-0.15, -0.1) is 0 Å². The minimum Gasteiger partial charge on any atom is -0.386 e. The molecular formula is C7H12N4. The van der Waals surface area contributed by atoms with Gasteiger partial charge in [-0.05, 0) is 0 Å². The van der Waals surface area contributed by atoms with Crippen LogP contribution >= 0.6 is 0 Å². The van der Waals surface area contributed by atoms with E-state index >= 15 is 0 Å². The summed E-state index contributed by atoms with van der Waals surface area (Å²) in [7, 11) is 0. The normalized spacial score (nSPS) is 9.91. The minimum atomic E-state index is 0.165. The van der Waals surface area contributed by atoms with Crippen molar-refractivity contribution in [1.82, 2.24) is 9.55 Å². The molecule has 60 valence electrons. The van der Waals surface area contributed by atoms with E-state index in [9.17, 15) is 0 Å². The molecule has 0 aliphatic carbocycles. The van der Waals surface area contributed by atoms with Crippen molar-refractivity contribution < 1.29 is 0 Å². The van der Waals surface area contributed by atoms with Gasteiger partial charge in [-0.2, -0.15) is 0 Å². The highest BCUT2D eigenvalue weighted by molar-refractivity contribution is 5.76. The summed E-state index contributed by atoms with van der Waals surface area (Å²) in [5, 5.41) is 7.07. The first-order valence-corrected chi connectivity index (χ1v) is 3.57. The third kappa shape index (κ3) is 1.80. The number of nitrogens with zero attached hydrogens (tertiary/aromatic N) is 2. The second-order valence-corrected chi connectivity index (χ2v) is 2.35. The molecule has 4 heteroatoms. The molecule has 0 aliphatic rings. The highest BCUT2D eigenvalue weighted by Crippen LogP contribution is 1.96. The largest absolute Gasteiger partial charge is 0.386 e. The topological polar surface area (TPSA) is 67.7 Å². The van der Waals surface area contributed by atoms with Crippen molar-refractivity contribution in [3.05, 3.63) is 18.2 Å². The van der Waals surface area contributed by atoms with Gasteiger partial charge in [0.05, 0.1) is 6.54 Å². The lowest BCUT2D eigenvalue weighted by Crippen LogP contribution is -2.18. The van der Waals surface area contributed by atoms with E-state index < -0.39 is 0 Å². The van der Waals surface area contributed by atoms with Crippen LogP contribution in [0.15, 0.2) is 12.4 Å². The Balaban J connectivity index is 2.76. The number of nitrogens with two attached hydrogens (primary N) is 1. The van der Waals surface area contributed by atoms with Crippen molar-refractivity contribution in [1.29, 1.82) is 5.41 Å². The van der Waals surface area contributed by atoms with Crippen molar-refractivity contribution in [2.45, 2.75) is 19.9 Å². The summed E-state index contributed by atoms with van der Waals surface area (Å²) < 4.78 is 1.88. The maximum Gasteiger partial charge on any atom is 0.111 e. The zero-order valence-corrected chi connectivity index (χ0v) is 6.54. The first kappa shape index (κ1) is 7.78. The number of nitrogens with one attached hydrogen (secondary N) is 1. The van der Waals surface area contributed by atoms with Crippen LogP contribution in [0.4, 0.5) is 0 Å². The smallest absolute Gasteiger partial charge is 0.111 e. The third-order valence-electron chi connectivity index (χ3n) is 1.46. The monoisotopic (exact) mass is 152 g/mol. The predicted octanol–water partition coefficient (Wildman–Crippen LogP) is 0.381. The zero-order chi connectivity index (χ0) is 8.27. The van der Waals surface area contributed by atoms with Crippen LogP contribution in [0.1, 0.15) is 12.7 Å². The van der Waals surface area contributed by atoms with E-state index in [0.717, 1.165) is 12.2 Å². The van der Waals surface area contributed by atoms with Gasteiger partial charge in [0.25, 0.3) is 0 Å². The average Bonchev–Trinajstić information content (AvgIpc) is 2.34. The number of rotatable bonds is 3. The zero-order valence-electron chi connectivity index (χ0n) is 6.54. The summed E-state index contributed by atoms with van der Waals surface area (Å²) in [5.41, 5.74) is 5.24. The molecule has 1 heterocycles. The quantitative estimate of drug-likeness (QED) is 0.485. The summed E-state index contributed by atoms with van der Waals surface area (Å²) >= 11 is 0. The molecule has 0 spiro atoms. The standard InChI is InChI=1S/C7H12N4/c1-2-7-10-3-4-11(7)5-6(8)9/h3-4H,2,5H2,1H3,(H3,8,9). The molecular weight excluding hydrogens is 140 g/mol. The number of aryl methyl sites for hydroxylation is 1. The second kappa shape index (κ2) is 3.18. The molecule has 1 rings (SSSR count). The molecule has 0 aliphatic heterocycles. The van der Waals surface area contributed by atoms with Gasteiger partial charge in [0.2, 0.25) is 0 Å². The molecule has 1 aromatic rings. The molecule has 0 radical (unpaired) electrons. The van der Waals surface area contributed by atoms with E-state index in [1.807, 2.05) is 17.7 Å². The Morgan fingerprint density at radius 1 is 1.82 bits per heavy atom. The SMILES string of the molecule is CCc1nccn1CC(=N)N. The number of aromatic nitrogens is 2. The second-order valence-electron chi connectivity index (χ2n) is 2.35. The van der Waals surface area contributed by atoms with E-state index in [1.54, 1.807) is 6.20 Å². The molecule has 0 unspecified atom stereocenters. The first-order valence-electron chi connectivity index (χ1n) is 3.57. The van der Waals surface area contributed by atoms with Crippen LogP contribution in [0, 0.1) is 5.41 Å². The van der Waals surface area contributed by atoms with Crippen LogP contribution < -0.4 is 5.73 Å². The molecule has 0 atom stereocenters. The lowest BCUT2D eigenvalue weighted by atomic mass is 10.4. The summed E-state index contributed by atoms with van der Waals surface area (Å²) in [6.07, 6.45) is 4.43.